The average molecular weight is 409 g/mol. The molecule has 0 spiro atoms. The molecule has 0 unspecified atom stereocenters. The lowest BCUT2D eigenvalue weighted by atomic mass is 10.2. The van der Waals surface area contributed by atoms with Crippen molar-refractivity contribution in [2.75, 3.05) is 10.6 Å². The van der Waals surface area contributed by atoms with E-state index in [2.05, 4.69) is 25.5 Å². The minimum atomic E-state index is -2.90. The Bertz CT molecular complexity index is 1160. The Balaban J connectivity index is 1.53. The van der Waals surface area contributed by atoms with Gasteiger partial charge in [-0.15, -0.1) is 0 Å². The van der Waals surface area contributed by atoms with Crippen LogP contribution in [0.2, 0.25) is 0 Å². The summed E-state index contributed by atoms with van der Waals surface area (Å²) in [5.74, 6) is 0.216. The van der Waals surface area contributed by atoms with Crippen molar-refractivity contribution in [2.24, 2.45) is 0 Å². The van der Waals surface area contributed by atoms with E-state index in [4.69, 9.17) is 0 Å². The van der Waals surface area contributed by atoms with Crippen LogP contribution in [0, 0.1) is 0 Å². The van der Waals surface area contributed by atoms with Crippen LogP contribution < -0.4 is 15.4 Å². The molecule has 7 nitrogen and oxygen atoms in total. The molecule has 0 saturated heterocycles. The zero-order valence-corrected chi connectivity index (χ0v) is 15.6. The molecule has 0 atom stereocenters. The summed E-state index contributed by atoms with van der Waals surface area (Å²) in [6.45, 7) is -2.69. The predicted molar refractivity (Wildman–Crippen MR) is 108 cm³/mol. The Kier molecular flexibility index (Phi) is 5.51. The van der Waals surface area contributed by atoms with Gasteiger partial charge < -0.3 is 15.4 Å². The monoisotopic (exact) mass is 409 g/mol. The molecule has 0 bridgehead atoms. The third-order valence-corrected chi connectivity index (χ3v) is 4.29. The van der Waals surface area contributed by atoms with Gasteiger partial charge in [0.05, 0.1) is 6.20 Å². The quantitative estimate of drug-likeness (QED) is 0.478. The first-order valence-corrected chi connectivity index (χ1v) is 9.07. The number of aromatic nitrogens is 3. The molecular formula is C21H17F2N5O2. The molecule has 0 aliphatic carbocycles. The third kappa shape index (κ3) is 4.35. The topological polar surface area (TPSA) is 80.6 Å². The molecule has 1 amide bonds. The highest BCUT2D eigenvalue weighted by molar-refractivity contribution is 6.08. The Hall–Kier alpha value is -4.01. The van der Waals surface area contributed by atoms with Gasteiger partial charge in [0.25, 0.3) is 5.91 Å². The Morgan fingerprint density at radius 2 is 1.83 bits per heavy atom. The van der Waals surface area contributed by atoms with Crippen LogP contribution in [-0.2, 0) is 6.54 Å². The third-order valence-electron chi connectivity index (χ3n) is 4.29. The van der Waals surface area contributed by atoms with E-state index in [1.165, 1.54) is 16.8 Å². The number of carbonyl (C=O) groups excluding carboxylic acids is 1. The van der Waals surface area contributed by atoms with E-state index in [-0.39, 0.29) is 18.2 Å². The number of halogens is 2. The first-order chi connectivity index (χ1) is 14.6. The minimum Gasteiger partial charge on any atom is -0.434 e. The number of fused-ring (bicyclic) bond motifs is 1. The second-order valence-corrected chi connectivity index (χ2v) is 6.30. The first-order valence-electron chi connectivity index (χ1n) is 9.07. The van der Waals surface area contributed by atoms with Crippen LogP contribution in [-0.4, -0.2) is 27.1 Å². The van der Waals surface area contributed by atoms with E-state index in [1.54, 1.807) is 42.6 Å². The van der Waals surface area contributed by atoms with Gasteiger partial charge in [0, 0.05) is 24.0 Å². The zero-order chi connectivity index (χ0) is 20.9. The maximum absolute atomic E-state index is 12.6. The molecule has 30 heavy (non-hydrogen) atoms. The number of anilines is 2. The molecule has 0 saturated carbocycles. The van der Waals surface area contributed by atoms with Gasteiger partial charge in [0.15, 0.2) is 5.65 Å². The van der Waals surface area contributed by atoms with Crippen molar-refractivity contribution in [3.63, 3.8) is 0 Å². The number of nitrogens with zero attached hydrogens (tertiary/aromatic N) is 3. The summed E-state index contributed by atoms with van der Waals surface area (Å²) in [7, 11) is 0. The summed E-state index contributed by atoms with van der Waals surface area (Å²) < 4.78 is 31.2. The van der Waals surface area contributed by atoms with Crippen molar-refractivity contribution in [2.45, 2.75) is 13.2 Å². The van der Waals surface area contributed by atoms with Gasteiger partial charge in [-0.25, -0.2) is 9.50 Å². The van der Waals surface area contributed by atoms with Crippen molar-refractivity contribution in [1.82, 2.24) is 14.6 Å². The summed E-state index contributed by atoms with van der Waals surface area (Å²) in [5.41, 5.74) is 1.89. The van der Waals surface area contributed by atoms with Gasteiger partial charge in [0.2, 0.25) is 0 Å². The summed E-state index contributed by atoms with van der Waals surface area (Å²) in [5, 5.41) is 10.0. The number of nitrogens with one attached hydrogen (secondary N) is 2. The molecule has 0 fully saturated rings. The Morgan fingerprint density at radius 3 is 2.63 bits per heavy atom. The fraction of sp³-hybridized carbons (Fsp3) is 0.0952. The van der Waals surface area contributed by atoms with Crippen molar-refractivity contribution in [3.05, 3.63) is 84.2 Å². The molecule has 2 aromatic carbocycles. The van der Waals surface area contributed by atoms with E-state index in [0.29, 0.717) is 28.3 Å². The van der Waals surface area contributed by atoms with E-state index < -0.39 is 6.61 Å². The number of rotatable bonds is 7. The molecule has 9 heteroatoms. The first kappa shape index (κ1) is 19.3. The zero-order valence-electron chi connectivity index (χ0n) is 15.6. The van der Waals surface area contributed by atoms with E-state index in [0.717, 1.165) is 0 Å². The van der Waals surface area contributed by atoms with Crippen LogP contribution in [0.25, 0.3) is 5.65 Å². The lowest BCUT2D eigenvalue weighted by Crippen LogP contribution is -2.12. The number of alkyl halides is 2. The van der Waals surface area contributed by atoms with Gasteiger partial charge >= 0.3 is 6.61 Å². The number of para-hydroxylation sites is 2. The van der Waals surface area contributed by atoms with Gasteiger partial charge in [-0.3, -0.25) is 4.79 Å². The molecule has 2 aromatic heterocycles. The molecule has 0 aliphatic heterocycles. The fourth-order valence-electron chi connectivity index (χ4n) is 2.89. The SMILES string of the molecule is O=C(Nc1ccccc1)c1cnn2ccc(NCc3ccccc3OC(F)F)nc12. The Morgan fingerprint density at radius 1 is 1.07 bits per heavy atom. The van der Waals surface area contributed by atoms with Crippen molar-refractivity contribution < 1.29 is 18.3 Å². The number of ether oxygens (including phenoxy) is 1. The summed E-state index contributed by atoms with van der Waals surface area (Å²) >= 11 is 0. The maximum atomic E-state index is 12.6. The Labute approximate surface area is 170 Å². The summed E-state index contributed by atoms with van der Waals surface area (Å²) in [6.07, 6.45) is 3.10. The molecule has 4 rings (SSSR count). The van der Waals surface area contributed by atoms with Crippen LogP contribution in [0.3, 0.4) is 0 Å². The fourth-order valence-corrected chi connectivity index (χ4v) is 2.89. The second-order valence-electron chi connectivity index (χ2n) is 6.30. The van der Waals surface area contributed by atoms with Gasteiger partial charge in [-0.2, -0.15) is 13.9 Å². The minimum absolute atomic E-state index is 0.0911. The van der Waals surface area contributed by atoms with Gasteiger partial charge in [0.1, 0.15) is 17.1 Å². The van der Waals surface area contributed by atoms with Crippen molar-refractivity contribution >= 4 is 23.1 Å². The van der Waals surface area contributed by atoms with Crippen LogP contribution >= 0.6 is 0 Å². The van der Waals surface area contributed by atoms with Crippen LogP contribution in [0.15, 0.2) is 73.1 Å². The highest BCUT2D eigenvalue weighted by Crippen LogP contribution is 2.21. The number of hydrogen-bond acceptors (Lipinski definition) is 5. The van der Waals surface area contributed by atoms with Crippen LogP contribution in [0.1, 0.15) is 15.9 Å². The van der Waals surface area contributed by atoms with Gasteiger partial charge in [-0.1, -0.05) is 36.4 Å². The number of carbonyl (C=O) groups is 1. The molecule has 2 N–H and O–H groups in total. The lowest BCUT2D eigenvalue weighted by Gasteiger charge is -2.12. The summed E-state index contributed by atoms with van der Waals surface area (Å²) in [4.78, 5) is 17.1. The highest BCUT2D eigenvalue weighted by atomic mass is 19.3. The maximum Gasteiger partial charge on any atom is 0.387 e. The largest absolute Gasteiger partial charge is 0.434 e. The van der Waals surface area contributed by atoms with Crippen LogP contribution in [0.5, 0.6) is 5.75 Å². The average Bonchev–Trinajstić information content (AvgIpc) is 3.17. The second kappa shape index (κ2) is 8.56. The van der Waals surface area contributed by atoms with Crippen molar-refractivity contribution in [1.29, 1.82) is 0 Å². The van der Waals surface area contributed by atoms with Gasteiger partial charge in [-0.05, 0) is 24.3 Å². The summed E-state index contributed by atoms with van der Waals surface area (Å²) in [6, 6.07) is 17.2. The molecular weight excluding hydrogens is 392 g/mol. The number of hydrogen-bond donors (Lipinski definition) is 2. The predicted octanol–water partition coefficient (Wildman–Crippen LogP) is 4.20. The normalized spacial score (nSPS) is 10.9. The van der Waals surface area contributed by atoms with Crippen LogP contribution in [0.4, 0.5) is 20.3 Å². The van der Waals surface area contributed by atoms with Crippen molar-refractivity contribution in [3.8, 4) is 5.75 Å². The molecule has 152 valence electrons. The van der Waals surface area contributed by atoms with E-state index in [1.807, 2.05) is 18.2 Å². The molecule has 0 radical (unpaired) electrons. The molecule has 4 aromatic rings. The smallest absolute Gasteiger partial charge is 0.387 e. The lowest BCUT2D eigenvalue weighted by molar-refractivity contribution is -0.0504. The standard InChI is InChI=1S/C21H17F2N5O2/c22-21(23)30-17-9-5-4-6-14(17)12-24-18-10-11-28-19(27-18)16(13-25-28)20(29)26-15-7-2-1-3-8-15/h1-11,13,21H,12H2,(H,24,27)(H,26,29). The van der Waals surface area contributed by atoms with E-state index in [9.17, 15) is 13.6 Å². The highest BCUT2D eigenvalue weighted by Gasteiger charge is 2.15. The molecule has 0 aliphatic rings. The number of amides is 1. The molecule has 2 heterocycles. The van der Waals surface area contributed by atoms with E-state index >= 15 is 0 Å². The number of benzene rings is 2.